The Labute approximate surface area is 712 Å². The van der Waals surface area contributed by atoms with Gasteiger partial charge >= 0.3 is 29.8 Å². The Balaban J connectivity index is 1.21. The van der Waals surface area contributed by atoms with Crippen LogP contribution in [0.15, 0.2) is 109 Å². The molecule has 0 spiro atoms. The topological polar surface area (TPSA) is 645 Å². The largest absolute Gasteiger partial charge is 0.508 e. The zero-order valence-corrected chi connectivity index (χ0v) is 69.1. The highest BCUT2D eigenvalue weighted by Crippen LogP contribution is 2.26. The molecule has 23 N–H and O–H groups in total. The number of benzene rings is 4. The molecule has 12 atom stereocenters. The number of nitrogens with zero attached hydrogens (tertiary/aromatic N) is 4. The Hall–Kier alpha value is -11.3. The number of thiocarbonyl (C=S) groups is 1. The molecular formula is C77H102N17O25S3-. The fraction of sp³-hybridized carbons (Fsp3) is 0.455. The number of carboxylic acids is 5. The van der Waals surface area contributed by atoms with Gasteiger partial charge in [0, 0.05) is 78.2 Å². The maximum absolute atomic E-state index is 15.2. The van der Waals surface area contributed by atoms with Gasteiger partial charge in [0.2, 0.25) is 47.3 Å². The molecule has 2 heterocycles. The number of carbonyl (C=O) groups is 15. The summed E-state index contributed by atoms with van der Waals surface area (Å²) in [5, 5.41) is 117. The number of Topliss-reactive ketones (excluding diaryl/α,β-unsaturated/α-hetero) is 1. The van der Waals surface area contributed by atoms with E-state index in [0.717, 1.165) is 45.2 Å². The summed E-state index contributed by atoms with van der Waals surface area (Å²) in [5.74, 6) is -18.2. The van der Waals surface area contributed by atoms with Crippen molar-refractivity contribution < 1.29 is 123 Å². The highest BCUT2D eigenvalue weighted by molar-refractivity contribution is 8.76. The van der Waals surface area contributed by atoms with Crippen molar-refractivity contribution in [2.24, 2.45) is 5.73 Å². The Morgan fingerprint density at radius 3 is 1.80 bits per heavy atom. The number of phenolic OH excluding ortho intramolecular Hbond substituents is 1. The summed E-state index contributed by atoms with van der Waals surface area (Å²) in [6.07, 6.45) is -3.05. The van der Waals surface area contributed by atoms with E-state index < -0.39 is 225 Å². The number of phenols is 1. The number of H-pyrrole nitrogens is 1. The normalized spacial score (nSPS) is 18.5. The fourth-order valence-electron chi connectivity index (χ4n) is 12.8. The number of nitrogens with one attached hydrogen (secondary N) is 12. The minimum atomic E-state index is -1.93. The first-order valence-electron chi connectivity index (χ1n) is 38.3. The molecule has 0 saturated carbocycles. The fourth-order valence-corrected chi connectivity index (χ4v) is 15.4. The molecule has 122 heavy (non-hydrogen) atoms. The van der Waals surface area contributed by atoms with E-state index in [9.17, 15) is 108 Å². The summed E-state index contributed by atoms with van der Waals surface area (Å²) in [6, 6.07) is 11.7. The van der Waals surface area contributed by atoms with Crippen LogP contribution in [0, 0.1) is 0 Å². The van der Waals surface area contributed by atoms with E-state index >= 15 is 9.59 Å². The molecule has 9 amide bonds. The first-order valence-corrected chi connectivity index (χ1v) is 41.2. The number of para-hydroxylation sites is 1. The smallest absolute Gasteiger partial charge is 0.328 e. The lowest BCUT2D eigenvalue weighted by Gasteiger charge is -2.39. The number of aliphatic hydroxyl groups excluding tert-OH is 2. The zero-order chi connectivity index (χ0) is 89.7. The summed E-state index contributed by atoms with van der Waals surface area (Å²) < 4.78 is 0. The van der Waals surface area contributed by atoms with Gasteiger partial charge in [-0.3, -0.25) is 92.5 Å². The minimum absolute atomic E-state index is 0.0157. The number of anilines is 1. The lowest BCUT2D eigenvalue weighted by Crippen LogP contribution is -2.62. The van der Waals surface area contributed by atoms with Gasteiger partial charge in [0.05, 0.1) is 57.9 Å². The first-order chi connectivity index (χ1) is 58.0. The number of hydrogen-bond acceptors (Lipinski definition) is 29. The number of aromatic nitrogens is 1. The van der Waals surface area contributed by atoms with E-state index in [0.29, 0.717) is 45.3 Å². The van der Waals surface area contributed by atoms with Crippen LogP contribution in [-0.4, -0.2) is 309 Å². The Morgan fingerprint density at radius 1 is 0.631 bits per heavy atom. The molecule has 1 fully saturated rings. The third kappa shape index (κ3) is 34.6. The quantitative estimate of drug-likeness (QED) is 0.00364. The van der Waals surface area contributed by atoms with Crippen molar-refractivity contribution in [2.75, 3.05) is 82.5 Å². The summed E-state index contributed by atoms with van der Waals surface area (Å²) in [4.78, 5) is 214. The zero-order valence-electron chi connectivity index (χ0n) is 66.6. The van der Waals surface area contributed by atoms with Crippen LogP contribution >= 0.6 is 33.8 Å². The van der Waals surface area contributed by atoms with Gasteiger partial charge in [-0.15, -0.1) is 0 Å². The molecule has 1 aliphatic rings. The summed E-state index contributed by atoms with van der Waals surface area (Å²) in [6.45, 7) is -1.05. The number of aliphatic carboxylic acids is 5. The lowest BCUT2D eigenvalue weighted by molar-refractivity contribution is -0.277. The van der Waals surface area contributed by atoms with E-state index in [4.69, 9.17) is 18.0 Å². The van der Waals surface area contributed by atoms with E-state index in [2.05, 4.69) is 73.9 Å². The van der Waals surface area contributed by atoms with Crippen LogP contribution in [0.1, 0.15) is 68.7 Å². The molecule has 664 valence electrons. The number of hydrogen-bond donors (Lipinski definition) is 22. The van der Waals surface area contributed by atoms with Gasteiger partial charge < -0.3 is 105 Å². The second-order valence-corrected chi connectivity index (χ2v) is 31.6. The van der Waals surface area contributed by atoms with Crippen LogP contribution in [0.25, 0.3) is 16.2 Å². The summed E-state index contributed by atoms with van der Waals surface area (Å²) >= 11 is 5.30. The number of amides is 9. The third-order valence-electron chi connectivity index (χ3n) is 18.8. The lowest BCUT2D eigenvalue weighted by atomic mass is 10.0. The van der Waals surface area contributed by atoms with E-state index in [1.54, 1.807) is 79.9 Å². The average molecular weight is 1760 g/mol. The molecule has 0 bridgehead atoms. The van der Waals surface area contributed by atoms with Gasteiger partial charge in [0.1, 0.15) is 54.8 Å². The first kappa shape index (κ1) is 99.5. The summed E-state index contributed by atoms with van der Waals surface area (Å²) in [5.41, 5.74) is 13.7. The molecule has 4 aromatic carbocycles. The molecule has 1 aromatic heterocycles. The Morgan fingerprint density at radius 2 is 1.20 bits per heavy atom. The number of aliphatic hydroxyl groups is 2. The standard InChI is InChI=1S/C77H103N17O25S3/c1-42(33-92(35-63(101)102)36-64(103)104)94(41-119-118)50(34-93(37-65(105)106)38-66(107)108)25-46-16-20-49(21-17-46)82-77(120)89-62(100)32-81-80-31-52(98)29-61(99)83-56(26-45-11-5-4-6-12-45)70(110)87-59-39-121-122-40-60(74(114)91-68(44(3)96)76(116)117)88-75(115)67(43(2)95)90-69(109)55(15-9-10-24-78)84-72(112)58(28-48-30-79-54-14-8-7-13-53(48)54)86-71(111)57(85-73(59)113)27-47-18-22-51(97)23-19-47/h4-8,11-14,16-23,30,42-44,50,55-60,67-68,79-81,95-96H,9-10,15,24-29,31-41,78H2,1-3H3,(H17,82,83,84,85,86,87,88,89,90,91,97,99,100,101,102,103,104,105,106,107,108,109,110,111,112,113,114,115,116,117,118,120)/p-1/t42-,43+,44+,50+,55-,56?,57-,58-,59?,60?,67-,68-/m0/s1. The van der Waals surface area contributed by atoms with Crippen LogP contribution in [0.3, 0.4) is 0 Å². The predicted molar refractivity (Wildman–Crippen MR) is 446 cm³/mol. The monoisotopic (exact) mass is 1760 g/mol. The van der Waals surface area contributed by atoms with Gasteiger partial charge in [-0.05, 0) is 99.1 Å². The minimum Gasteiger partial charge on any atom is -0.508 e. The van der Waals surface area contributed by atoms with Gasteiger partial charge in [-0.2, -0.15) is 0 Å². The Kier molecular flexibility index (Phi) is 41.4. The molecule has 1 aliphatic heterocycles. The van der Waals surface area contributed by atoms with E-state index in [1.807, 2.05) is 0 Å². The van der Waals surface area contributed by atoms with Crippen molar-refractivity contribution in [3.8, 4) is 5.75 Å². The van der Waals surface area contributed by atoms with Crippen LogP contribution in [-0.2, 0) is 102 Å². The number of carboxylic acid groups (broad SMARTS) is 5. The predicted octanol–water partition coefficient (Wildman–Crippen LogP) is -2.51. The van der Waals surface area contributed by atoms with Crippen molar-refractivity contribution in [2.45, 2.75) is 145 Å². The van der Waals surface area contributed by atoms with Crippen molar-refractivity contribution in [1.82, 2.24) is 73.1 Å². The number of ketones is 1. The molecule has 0 aliphatic carbocycles. The molecule has 45 heteroatoms. The van der Waals surface area contributed by atoms with Gasteiger partial charge in [-0.25, -0.2) is 15.1 Å². The highest BCUT2D eigenvalue weighted by Gasteiger charge is 2.39. The number of aromatic hydroxyl groups is 1. The molecule has 3 unspecified atom stereocenters. The van der Waals surface area contributed by atoms with Crippen molar-refractivity contribution in [3.63, 3.8) is 0 Å². The van der Waals surface area contributed by atoms with Crippen LogP contribution in [0.4, 0.5) is 5.69 Å². The maximum atomic E-state index is 15.2. The van der Waals surface area contributed by atoms with Crippen LogP contribution in [0.5, 0.6) is 5.75 Å². The SMILES string of the molecule is C[C@@H](O)[C@H](NC(=O)C1CSSCC(NC(=O)C(Cc2ccccc2)NC(=O)CC(=O)CNNCC(=O)[N-]C(=S)Nc2ccc(C[C@H](CN(CC(=O)O)CC(=O)O)N(COO)[C@@H](C)CN(CC(=O)O)CC(=O)O)cc2)C(=O)N[C@@H](Cc2ccc(O)cc2)C(=O)N[C@@H](Cc2c[nH]c3ccccc23)C(=O)N[C@@H](CCCCN)C(=O)N[C@@H]([C@@H](C)O)C(=O)N1)C(=O)O. The van der Waals surface area contributed by atoms with Crippen molar-refractivity contribution in [1.29, 1.82) is 0 Å². The van der Waals surface area contributed by atoms with Gasteiger partial charge in [0.15, 0.2) is 17.7 Å². The molecule has 1 saturated heterocycles. The molecule has 42 nitrogen and oxygen atoms in total. The second kappa shape index (κ2) is 50.8. The average Bonchev–Trinajstić information content (AvgIpc) is 1.61. The van der Waals surface area contributed by atoms with E-state index in [1.165, 1.54) is 41.3 Å². The van der Waals surface area contributed by atoms with Crippen molar-refractivity contribution in [3.05, 3.63) is 137 Å². The Bertz CT molecular complexity index is 4390. The number of aromatic amines is 1. The number of carbonyl (C=O) groups excluding carboxylic acids is 10. The number of hydrazine groups is 1. The van der Waals surface area contributed by atoms with Crippen LogP contribution < -0.4 is 64.4 Å². The second-order valence-electron chi connectivity index (χ2n) is 28.6. The maximum Gasteiger partial charge on any atom is 0.328 e. The van der Waals surface area contributed by atoms with Gasteiger partial charge in [-0.1, -0.05) is 119 Å². The van der Waals surface area contributed by atoms with Crippen molar-refractivity contribution >= 4 is 144 Å². The third-order valence-corrected chi connectivity index (χ3v) is 21.4. The number of rotatable bonds is 44. The molecule has 5 aromatic rings. The van der Waals surface area contributed by atoms with Gasteiger partial charge in [0.25, 0.3) is 0 Å². The molecular weight excluding hydrogens is 1660 g/mol. The number of unbranched alkanes of at least 4 members (excludes halogenated alkanes) is 1. The highest BCUT2D eigenvalue weighted by atomic mass is 33.1. The van der Waals surface area contributed by atoms with E-state index in [-0.39, 0.29) is 69.0 Å². The summed E-state index contributed by atoms with van der Waals surface area (Å²) in [7, 11) is 1.58. The molecule has 6 rings (SSSR count). The molecule has 0 radical (unpaired) electrons. The number of fused-ring (bicyclic) bond motifs is 1. The number of nitrogens with two attached hydrogens (primary N) is 1. The van der Waals surface area contributed by atoms with Crippen LogP contribution in [0.2, 0.25) is 0 Å².